The van der Waals surface area contributed by atoms with Crippen LogP contribution in [0.15, 0.2) is 39.7 Å². The summed E-state index contributed by atoms with van der Waals surface area (Å²) in [6.07, 6.45) is 4.98. The number of carbonyl (C=O) groups is 1. The van der Waals surface area contributed by atoms with Gasteiger partial charge >= 0.3 is 0 Å². The average molecular weight is 259 g/mol. The number of aliphatic imine (C=N–C) groups is 1. The largest absolute Gasteiger partial charge is 0.443 e. The number of fused-ring (bicyclic) bond motifs is 1. The van der Waals surface area contributed by atoms with Crippen molar-refractivity contribution in [1.29, 1.82) is 0 Å². The summed E-state index contributed by atoms with van der Waals surface area (Å²) in [4.78, 5) is 19.8. The Kier molecular flexibility index (Phi) is 2.64. The molecule has 1 amide bonds. The normalized spacial score (nSPS) is 17.3. The molecule has 1 aromatic carbocycles. The van der Waals surface area contributed by atoms with Gasteiger partial charge in [-0.15, -0.1) is 0 Å². The molecule has 1 aliphatic rings. The third kappa shape index (κ3) is 1.91. The van der Waals surface area contributed by atoms with Gasteiger partial charge in [-0.05, 0) is 30.0 Å². The molecule has 0 unspecified atom stereocenters. The van der Waals surface area contributed by atoms with Crippen LogP contribution in [0.2, 0.25) is 0 Å². The molecule has 0 atom stereocenters. The zero-order chi connectivity index (χ0) is 12.5. The first kappa shape index (κ1) is 11.0. The molecular formula is C12H9N3O2S. The first-order valence-electron chi connectivity index (χ1n) is 5.25. The zero-order valence-corrected chi connectivity index (χ0v) is 10.3. The molecule has 6 heteroatoms. The number of amides is 1. The van der Waals surface area contributed by atoms with Crippen molar-refractivity contribution in [2.24, 2.45) is 4.99 Å². The van der Waals surface area contributed by atoms with Crippen LogP contribution in [0, 0.1) is 0 Å². The van der Waals surface area contributed by atoms with E-state index >= 15 is 0 Å². The van der Waals surface area contributed by atoms with Gasteiger partial charge in [0.1, 0.15) is 11.2 Å². The molecule has 1 N–H and O–H groups in total. The molecule has 2 heterocycles. The molecule has 1 aromatic heterocycles. The number of nitrogens with one attached hydrogen (secondary N) is 1. The number of benzene rings is 1. The monoisotopic (exact) mass is 259 g/mol. The van der Waals surface area contributed by atoms with Crippen LogP contribution < -0.4 is 5.32 Å². The first-order valence-corrected chi connectivity index (χ1v) is 6.48. The predicted octanol–water partition coefficient (Wildman–Crippen LogP) is 2.02. The fraction of sp³-hybridized carbons (Fsp3) is 0.0833. The fourth-order valence-electron chi connectivity index (χ4n) is 1.66. The number of thioether (sulfide) groups is 1. The van der Waals surface area contributed by atoms with Crippen molar-refractivity contribution in [2.75, 3.05) is 6.26 Å². The standard InChI is InChI=1S/C12H9N3O2S/c1-18-12-14-9(11(16)15-12)4-7-2-3-8-10(5-7)17-6-13-8/h2-6H,1H3,(H,14,15,16)/b9-4-. The Morgan fingerprint density at radius 1 is 1.44 bits per heavy atom. The fourth-order valence-corrected chi connectivity index (χ4v) is 2.05. The van der Waals surface area contributed by atoms with Crippen LogP contribution in [-0.2, 0) is 4.79 Å². The number of amidine groups is 1. The third-order valence-electron chi connectivity index (χ3n) is 2.53. The lowest BCUT2D eigenvalue weighted by Crippen LogP contribution is -2.21. The van der Waals surface area contributed by atoms with Gasteiger partial charge in [0.2, 0.25) is 0 Å². The Hall–Kier alpha value is -2.08. The predicted molar refractivity (Wildman–Crippen MR) is 71.1 cm³/mol. The van der Waals surface area contributed by atoms with Gasteiger partial charge in [0, 0.05) is 0 Å². The van der Waals surface area contributed by atoms with E-state index in [0.717, 1.165) is 11.1 Å². The molecule has 2 aromatic rings. The van der Waals surface area contributed by atoms with Crippen LogP contribution in [0.4, 0.5) is 0 Å². The Balaban J connectivity index is 2.00. The van der Waals surface area contributed by atoms with Crippen molar-refractivity contribution in [3.8, 4) is 0 Å². The van der Waals surface area contributed by atoms with Crippen LogP contribution in [0.1, 0.15) is 5.56 Å². The van der Waals surface area contributed by atoms with E-state index in [-0.39, 0.29) is 5.91 Å². The minimum absolute atomic E-state index is 0.183. The lowest BCUT2D eigenvalue weighted by molar-refractivity contribution is -0.115. The van der Waals surface area contributed by atoms with Crippen LogP contribution >= 0.6 is 11.8 Å². The molecule has 0 spiro atoms. The maximum atomic E-state index is 11.6. The molecule has 0 saturated heterocycles. The number of hydrogen-bond acceptors (Lipinski definition) is 5. The molecular weight excluding hydrogens is 250 g/mol. The summed E-state index contributed by atoms with van der Waals surface area (Å²) in [7, 11) is 0. The number of carbonyl (C=O) groups excluding carboxylic acids is 1. The number of nitrogens with zero attached hydrogens (tertiary/aromatic N) is 2. The second-order valence-electron chi connectivity index (χ2n) is 3.68. The van der Waals surface area contributed by atoms with Crippen LogP contribution in [0.25, 0.3) is 17.2 Å². The molecule has 0 bridgehead atoms. The van der Waals surface area contributed by atoms with Gasteiger partial charge in [0.15, 0.2) is 17.1 Å². The van der Waals surface area contributed by atoms with Gasteiger partial charge in [0.05, 0.1) is 0 Å². The van der Waals surface area contributed by atoms with E-state index in [0.29, 0.717) is 16.4 Å². The van der Waals surface area contributed by atoms with Gasteiger partial charge in [-0.1, -0.05) is 17.8 Å². The molecule has 5 nitrogen and oxygen atoms in total. The highest BCUT2D eigenvalue weighted by molar-refractivity contribution is 8.13. The van der Waals surface area contributed by atoms with Crippen molar-refractivity contribution in [1.82, 2.24) is 10.3 Å². The summed E-state index contributed by atoms with van der Waals surface area (Å²) < 4.78 is 5.21. The molecule has 90 valence electrons. The smallest absolute Gasteiger partial charge is 0.275 e. The van der Waals surface area contributed by atoms with Crippen LogP contribution in [0.5, 0.6) is 0 Å². The summed E-state index contributed by atoms with van der Waals surface area (Å²) in [6, 6.07) is 5.55. The third-order valence-corrected chi connectivity index (χ3v) is 3.11. The second-order valence-corrected chi connectivity index (χ2v) is 4.48. The van der Waals surface area contributed by atoms with E-state index in [1.165, 1.54) is 18.2 Å². The molecule has 0 saturated carbocycles. The summed E-state index contributed by atoms with van der Waals surface area (Å²) in [5, 5.41) is 3.29. The number of oxazole rings is 1. The molecule has 18 heavy (non-hydrogen) atoms. The van der Waals surface area contributed by atoms with Gasteiger partial charge in [-0.25, -0.2) is 9.98 Å². The molecule has 3 rings (SSSR count). The van der Waals surface area contributed by atoms with E-state index in [9.17, 15) is 4.79 Å². The number of hydrogen-bond donors (Lipinski definition) is 1. The minimum atomic E-state index is -0.183. The molecule has 1 aliphatic heterocycles. The lowest BCUT2D eigenvalue weighted by Gasteiger charge is -1.94. The first-order chi connectivity index (χ1) is 8.76. The molecule has 0 radical (unpaired) electrons. The van der Waals surface area contributed by atoms with Gasteiger partial charge in [-0.2, -0.15) is 0 Å². The Labute approximate surface area is 107 Å². The van der Waals surface area contributed by atoms with Gasteiger partial charge < -0.3 is 4.42 Å². The van der Waals surface area contributed by atoms with E-state index < -0.39 is 0 Å². The van der Waals surface area contributed by atoms with Gasteiger partial charge in [0.25, 0.3) is 5.91 Å². The van der Waals surface area contributed by atoms with E-state index in [1.54, 1.807) is 6.08 Å². The van der Waals surface area contributed by atoms with Crippen LogP contribution in [-0.4, -0.2) is 22.3 Å². The van der Waals surface area contributed by atoms with E-state index in [2.05, 4.69) is 15.3 Å². The van der Waals surface area contributed by atoms with Crippen molar-refractivity contribution >= 4 is 40.0 Å². The minimum Gasteiger partial charge on any atom is -0.443 e. The molecule has 0 aliphatic carbocycles. The second kappa shape index (κ2) is 4.30. The number of rotatable bonds is 1. The highest BCUT2D eigenvalue weighted by atomic mass is 32.2. The number of aromatic nitrogens is 1. The van der Waals surface area contributed by atoms with Gasteiger partial charge in [-0.3, -0.25) is 10.1 Å². The SMILES string of the molecule is CSC1=N/C(=C\c2ccc3ncoc3c2)C(=O)N1. The Morgan fingerprint density at radius 2 is 2.33 bits per heavy atom. The van der Waals surface area contributed by atoms with Crippen molar-refractivity contribution in [3.05, 3.63) is 35.9 Å². The van der Waals surface area contributed by atoms with E-state index in [1.807, 2.05) is 24.5 Å². The Bertz CT molecular complexity index is 687. The summed E-state index contributed by atoms with van der Waals surface area (Å²) >= 11 is 1.40. The van der Waals surface area contributed by atoms with E-state index in [4.69, 9.17) is 4.42 Å². The van der Waals surface area contributed by atoms with Crippen molar-refractivity contribution in [2.45, 2.75) is 0 Å². The maximum absolute atomic E-state index is 11.6. The molecule has 0 fully saturated rings. The summed E-state index contributed by atoms with van der Waals surface area (Å²) in [6.45, 7) is 0. The highest BCUT2D eigenvalue weighted by Crippen LogP contribution is 2.19. The summed E-state index contributed by atoms with van der Waals surface area (Å²) in [5.74, 6) is -0.183. The summed E-state index contributed by atoms with van der Waals surface area (Å²) in [5.41, 5.74) is 2.74. The van der Waals surface area contributed by atoms with Crippen molar-refractivity contribution < 1.29 is 9.21 Å². The Morgan fingerprint density at radius 3 is 3.11 bits per heavy atom. The van der Waals surface area contributed by atoms with Crippen LogP contribution in [0.3, 0.4) is 0 Å². The lowest BCUT2D eigenvalue weighted by atomic mass is 10.2. The van der Waals surface area contributed by atoms with Crippen molar-refractivity contribution in [3.63, 3.8) is 0 Å². The topological polar surface area (TPSA) is 67.5 Å². The average Bonchev–Trinajstić information content (AvgIpc) is 2.96. The zero-order valence-electron chi connectivity index (χ0n) is 9.51. The quantitative estimate of drug-likeness (QED) is 0.795. The highest BCUT2D eigenvalue weighted by Gasteiger charge is 2.18. The maximum Gasteiger partial charge on any atom is 0.275 e.